The maximum absolute atomic E-state index is 12.4. The zero-order valence-electron chi connectivity index (χ0n) is 16.0. The molecule has 0 radical (unpaired) electrons. The van der Waals surface area contributed by atoms with Crippen LogP contribution in [0.3, 0.4) is 0 Å². The molecule has 1 amide bonds. The number of carbonyl (C=O) groups excluding carboxylic acids is 1. The summed E-state index contributed by atoms with van der Waals surface area (Å²) in [6.45, 7) is 5.32. The monoisotopic (exact) mass is 388 g/mol. The number of nitrogens with zero attached hydrogens (tertiary/aromatic N) is 2. The standard InChI is InChI=1S/C20H28N4O2S/c1-3-26-16-10-8-15(9-11-16)19-22-23-20(27)24(19)13-12-18(25)21-17-7-5-4-6-14(17)2/h8-11,14,17H,3-7,12-13H2,1-2H3,(H,21,25)(H,23,27). The molecule has 27 heavy (non-hydrogen) atoms. The molecule has 0 saturated heterocycles. The lowest BCUT2D eigenvalue weighted by molar-refractivity contribution is -0.122. The number of nitrogens with one attached hydrogen (secondary N) is 2. The molecular formula is C20H28N4O2S. The second-order valence-corrected chi connectivity index (χ2v) is 7.53. The molecule has 7 heteroatoms. The van der Waals surface area contributed by atoms with E-state index in [1.807, 2.05) is 35.8 Å². The highest BCUT2D eigenvalue weighted by molar-refractivity contribution is 7.71. The maximum atomic E-state index is 12.4. The number of amides is 1. The van der Waals surface area contributed by atoms with Crippen LogP contribution in [0.15, 0.2) is 24.3 Å². The lowest BCUT2D eigenvalue weighted by Gasteiger charge is -2.29. The van der Waals surface area contributed by atoms with E-state index in [1.54, 1.807) is 0 Å². The van der Waals surface area contributed by atoms with Gasteiger partial charge in [0.2, 0.25) is 5.91 Å². The Morgan fingerprint density at radius 3 is 2.78 bits per heavy atom. The molecule has 3 rings (SSSR count). The van der Waals surface area contributed by atoms with Gasteiger partial charge in [-0.15, -0.1) is 0 Å². The van der Waals surface area contributed by atoms with Crippen LogP contribution < -0.4 is 10.1 Å². The Labute approximate surface area is 165 Å². The van der Waals surface area contributed by atoms with E-state index in [2.05, 4.69) is 22.4 Å². The first-order chi connectivity index (χ1) is 13.1. The molecule has 1 aromatic carbocycles. The molecular weight excluding hydrogens is 360 g/mol. The van der Waals surface area contributed by atoms with Crippen molar-refractivity contribution in [3.63, 3.8) is 0 Å². The predicted octanol–water partition coefficient (Wildman–Crippen LogP) is 4.09. The SMILES string of the molecule is CCOc1ccc(-c2n[nH]c(=S)n2CCC(=O)NC2CCCCC2C)cc1. The van der Waals surface area contributed by atoms with Gasteiger partial charge in [0.25, 0.3) is 0 Å². The normalized spacial score (nSPS) is 19.6. The Balaban J connectivity index is 1.64. The average Bonchev–Trinajstić information content (AvgIpc) is 3.03. The molecule has 0 aliphatic heterocycles. The van der Waals surface area contributed by atoms with Gasteiger partial charge in [0.15, 0.2) is 10.6 Å². The Kier molecular flexibility index (Phi) is 6.66. The molecule has 2 N–H and O–H groups in total. The van der Waals surface area contributed by atoms with E-state index in [0.29, 0.717) is 36.3 Å². The van der Waals surface area contributed by atoms with Crippen molar-refractivity contribution in [2.24, 2.45) is 5.92 Å². The van der Waals surface area contributed by atoms with Crippen molar-refractivity contribution >= 4 is 18.1 Å². The summed E-state index contributed by atoms with van der Waals surface area (Å²) in [5.41, 5.74) is 0.937. The van der Waals surface area contributed by atoms with Crippen LogP contribution in [0.5, 0.6) is 5.75 Å². The number of aromatic amines is 1. The maximum Gasteiger partial charge on any atom is 0.222 e. The highest BCUT2D eigenvalue weighted by Gasteiger charge is 2.22. The second-order valence-electron chi connectivity index (χ2n) is 7.15. The molecule has 2 unspecified atom stereocenters. The number of carbonyl (C=O) groups is 1. The van der Waals surface area contributed by atoms with Gasteiger partial charge in [-0.1, -0.05) is 19.8 Å². The van der Waals surface area contributed by atoms with Crippen LogP contribution in [0.4, 0.5) is 0 Å². The zero-order valence-corrected chi connectivity index (χ0v) is 16.8. The van der Waals surface area contributed by atoms with Gasteiger partial charge >= 0.3 is 0 Å². The summed E-state index contributed by atoms with van der Waals surface area (Å²) in [5, 5.41) is 10.4. The molecule has 2 atom stereocenters. The average molecular weight is 389 g/mol. The molecule has 6 nitrogen and oxygen atoms in total. The molecule has 1 aliphatic rings. The van der Waals surface area contributed by atoms with E-state index in [4.69, 9.17) is 17.0 Å². The molecule has 0 spiro atoms. The fourth-order valence-electron chi connectivity index (χ4n) is 3.64. The van der Waals surface area contributed by atoms with Crippen molar-refractivity contribution < 1.29 is 9.53 Å². The fourth-order valence-corrected chi connectivity index (χ4v) is 3.86. The first-order valence-electron chi connectivity index (χ1n) is 9.76. The number of rotatable bonds is 7. The van der Waals surface area contributed by atoms with Crippen LogP contribution in [-0.2, 0) is 11.3 Å². The fraction of sp³-hybridized carbons (Fsp3) is 0.550. The van der Waals surface area contributed by atoms with Crippen LogP contribution in [0.1, 0.15) is 46.0 Å². The number of aromatic nitrogens is 3. The van der Waals surface area contributed by atoms with Gasteiger partial charge < -0.3 is 10.1 Å². The highest BCUT2D eigenvalue weighted by Crippen LogP contribution is 2.24. The van der Waals surface area contributed by atoms with E-state index in [9.17, 15) is 4.79 Å². The topological polar surface area (TPSA) is 71.9 Å². The van der Waals surface area contributed by atoms with Crippen molar-refractivity contribution in [1.29, 1.82) is 0 Å². The van der Waals surface area contributed by atoms with Crippen LogP contribution in [0.25, 0.3) is 11.4 Å². The van der Waals surface area contributed by atoms with Gasteiger partial charge in [0.1, 0.15) is 5.75 Å². The Morgan fingerprint density at radius 1 is 1.33 bits per heavy atom. The van der Waals surface area contributed by atoms with Gasteiger partial charge in [-0.05, 0) is 62.2 Å². The summed E-state index contributed by atoms with van der Waals surface area (Å²) in [6.07, 6.45) is 5.13. The number of ether oxygens (including phenoxy) is 1. The van der Waals surface area contributed by atoms with Gasteiger partial charge in [0, 0.05) is 24.6 Å². The number of hydrogen-bond acceptors (Lipinski definition) is 4. The lowest BCUT2D eigenvalue weighted by Crippen LogP contribution is -2.41. The number of hydrogen-bond donors (Lipinski definition) is 2. The number of H-pyrrole nitrogens is 1. The minimum Gasteiger partial charge on any atom is -0.494 e. The Morgan fingerprint density at radius 2 is 2.07 bits per heavy atom. The third kappa shape index (κ3) is 4.97. The van der Waals surface area contributed by atoms with Crippen LogP contribution in [0, 0.1) is 10.7 Å². The third-order valence-corrected chi connectivity index (χ3v) is 5.51. The molecule has 146 valence electrons. The molecule has 1 fully saturated rings. The Bertz CT molecular complexity index is 812. The molecule has 1 heterocycles. The van der Waals surface area contributed by atoms with Crippen molar-refractivity contribution in [2.45, 2.75) is 58.5 Å². The van der Waals surface area contributed by atoms with Gasteiger partial charge in [-0.3, -0.25) is 14.5 Å². The van der Waals surface area contributed by atoms with E-state index >= 15 is 0 Å². The first kappa shape index (κ1) is 19.6. The third-order valence-electron chi connectivity index (χ3n) is 5.20. The van der Waals surface area contributed by atoms with Gasteiger partial charge in [-0.25, -0.2) is 0 Å². The number of benzene rings is 1. The van der Waals surface area contributed by atoms with Crippen molar-refractivity contribution in [1.82, 2.24) is 20.1 Å². The highest BCUT2D eigenvalue weighted by atomic mass is 32.1. The minimum absolute atomic E-state index is 0.0782. The van der Waals surface area contributed by atoms with Crippen molar-refractivity contribution in [2.75, 3.05) is 6.61 Å². The smallest absolute Gasteiger partial charge is 0.222 e. The van der Waals surface area contributed by atoms with E-state index in [0.717, 1.165) is 23.6 Å². The van der Waals surface area contributed by atoms with E-state index < -0.39 is 0 Å². The molecule has 1 saturated carbocycles. The summed E-state index contributed by atoms with van der Waals surface area (Å²) in [7, 11) is 0. The van der Waals surface area contributed by atoms with Crippen LogP contribution >= 0.6 is 12.2 Å². The van der Waals surface area contributed by atoms with Gasteiger partial charge in [-0.2, -0.15) is 5.10 Å². The van der Waals surface area contributed by atoms with Crippen LogP contribution in [-0.4, -0.2) is 33.3 Å². The molecule has 2 aromatic rings. The summed E-state index contributed by atoms with van der Waals surface area (Å²) in [4.78, 5) is 12.4. The van der Waals surface area contributed by atoms with Crippen molar-refractivity contribution in [3.8, 4) is 17.1 Å². The van der Waals surface area contributed by atoms with Crippen molar-refractivity contribution in [3.05, 3.63) is 29.0 Å². The summed E-state index contributed by atoms with van der Waals surface area (Å²) >= 11 is 5.36. The van der Waals surface area contributed by atoms with Gasteiger partial charge in [0.05, 0.1) is 6.61 Å². The largest absolute Gasteiger partial charge is 0.494 e. The second kappa shape index (κ2) is 9.17. The summed E-state index contributed by atoms with van der Waals surface area (Å²) < 4.78 is 7.89. The van der Waals surface area contributed by atoms with E-state index in [-0.39, 0.29) is 5.91 Å². The Hall–Kier alpha value is -2.15. The quantitative estimate of drug-likeness (QED) is 0.701. The van der Waals surface area contributed by atoms with E-state index in [1.165, 1.54) is 19.3 Å². The molecule has 1 aliphatic carbocycles. The molecule has 0 bridgehead atoms. The first-order valence-corrected chi connectivity index (χ1v) is 10.2. The lowest BCUT2D eigenvalue weighted by atomic mass is 9.86. The summed E-state index contributed by atoms with van der Waals surface area (Å²) in [5.74, 6) is 2.19. The van der Waals surface area contributed by atoms with Crippen LogP contribution in [0.2, 0.25) is 0 Å². The molecule has 1 aromatic heterocycles. The predicted molar refractivity (Wildman–Crippen MR) is 108 cm³/mol. The minimum atomic E-state index is 0.0782. The zero-order chi connectivity index (χ0) is 19.2. The summed E-state index contributed by atoms with van der Waals surface area (Å²) in [6, 6.07) is 8.04.